The Kier molecular flexibility index (Phi) is 10.7. The van der Waals surface area contributed by atoms with Crippen LogP contribution in [0.1, 0.15) is 43.8 Å². The van der Waals surface area contributed by atoms with E-state index in [9.17, 15) is 29.4 Å². The number of imide groups is 1. The fourth-order valence-electron chi connectivity index (χ4n) is 6.76. The van der Waals surface area contributed by atoms with E-state index in [-0.39, 0.29) is 44.5 Å². The number of benzene rings is 5. The van der Waals surface area contributed by atoms with Gasteiger partial charge in [-0.05, 0) is 72.0 Å². The van der Waals surface area contributed by atoms with Gasteiger partial charge in [0, 0.05) is 41.8 Å². The highest BCUT2D eigenvalue weighted by Crippen LogP contribution is 2.40. The molecule has 0 bridgehead atoms. The van der Waals surface area contributed by atoms with Crippen molar-refractivity contribution in [2.75, 3.05) is 43.7 Å². The van der Waals surface area contributed by atoms with Gasteiger partial charge in [0.05, 0.1) is 25.3 Å². The third kappa shape index (κ3) is 7.68. The Morgan fingerprint density at radius 1 is 0.654 bits per heavy atom. The number of hydrogen-bond acceptors (Lipinski definition) is 8. The van der Waals surface area contributed by atoms with Gasteiger partial charge in [-0.15, -0.1) is 0 Å². The predicted molar refractivity (Wildman–Crippen MR) is 197 cm³/mol. The van der Waals surface area contributed by atoms with Gasteiger partial charge in [-0.2, -0.15) is 0 Å². The standard InChI is InChI=1S/C41H39N3O8/c1-51-30-17-13-27(14-18-30)23-42(25-37(45)46)36-22-29(8-7-21-44-40(49)34-11-5-6-12-35(34)41(44)50)39(33-10-4-3-9-32(33)36)43(26-38(47)48)24-28-15-19-31(52-2)20-16-28/h3-6,9-20,22H,7-8,21,23-26H2,1-2H3,(H,45,46)(H,47,48). The van der Waals surface area contributed by atoms with E-state index in [4.69, 9.17) is 9.47 Å². The second-order valence-corrected chi connectivity index (χ2v) is 12.6. The van der Waals surface area contributed by atoms with Gasteiger partial charge in [0.25, 0.3) is 11.8 Å². The van der Waals surface area contributed by atoms with Crippen molar-refractivity contribution in [3.63, 3.8) is 0 Å². The number of carboxylic acids is 2. The molecule has 266 valence electrons. The van der Waals surface area contributed by atoms with E-state index in [0.717, 1.165) is 27.5 Å². The molecule has 0 aliphatic carbocycles. The number of aliphatic carboxylic acids is 2. The van der Waals surface area contributed by atoms with Crippen LogP contribution in [-0.4, -0.2) is 72.7 Å². The molecule has 2 amide bonds. The summed E-state index contributed by atoms with van der Waals surface area (Å²) in [5.74, 6) is -1.38. The van der Waals surface area contributed by atoms with Crippen molar-refractivity contribution >= 4 is 45.9 Å². The molecule has 52 heavy (non-hydrogen) atoms. The molecule has 5 aromatic carbocycles. The largest absolute Gasteiger partial charge is 0.497 e. The molecule has 6 rings (SSSR count). The zero-order chi connectivity index (χ0) is 36.8. The van der Waals surface area contributed by atoms with Crippen LogP contribution in [0.15, 0.2) is 103 Å². The molecule has 0 aromatic heterocycles. The Bertz CT molecular complexity index is 2080. The molecule has 0 unspecified atom stereocenters. The van der Waals surface area contributed by atoms with E-state index >= 15 is 0 Å². The first kappa shape index (κ1) is 35.5. The highest BCUT2D eigenvalue weighted by atomic mass is 16.5. The molecule has 1 aliphatic rings. The highest BCUT2D eigenvalue weighted by Gasteiger charge is 2.34. The molecule has 1 heterocycles. The normalized spacial score (nSPS) is 12.2. The minimum absolute atomic E-state index is 0.149. The molecular weight excluding hydrogens is 662 g/mol. The number of amides is 2. The lowest BCUT2D eigenvalue weighted by atomic mass is 9.96. The van der Waals surface area contributed by atoms with Gasteiger partial charge in [-0.1, -0.05) is 60.7 Å². The summed E-state index contributed by atoms with van der Waals surface area (Å²) >= 11 is 0. The Balaban J connectivity index is 1.44. The predicted octanol–water partition coefficient (Wildman–Crippen LogP) is 6.27. The van der Waals surface area contributed by atoms with Crippen LogP contribution in [0.5, 0.6) is 11.5 Å². The molecule has 2 N–H and O–H groups in total. The Hall–Kier alpha value is -6.36. The van der Waals surface area contributed by atoms with E-state index in [2.05, 4.69) is 0 Å². The third-order valence-electron chi connectivity index (χ3n) is 9.15. The van der Waals surface area contributed by atoms with Gasteiger partial charge in [0.1, 0.15) is 24.6 Å². The van der Waals surface area contributed by atoms with Crippen LogP contribution in [0.3, 0.4) is 0 Å². The van der Waals surface area contributed by atoms with Crippen LogP contribution in [-0.2, 0) is 29.1 Å². The number of carbonyl (C=O) groups is 4. The fraction of sp³-hybridized carbons (Fsp3) is 0.220. The van der Waals surface area contributed by atoms with Gasteiger partial charge in [0.15, 0.2) is 0 Å². The number of methoxy groups -OCH3 is 2. The number of anilines is 2. The van der Waals surface area contributed by atoms with E-state index in [1.54, 1.807) is 48.3 Å². The zero-order valence-electron chi connectivity index (χ0n) is 29.0. The molecule has 0 spiro atoms. The van der Waals surface area contributed by atoms with E-state index in [0.29, 0.717) is 46.8 Å². The van der Waals surface area contributed by atoms with Gasteiger partial charge < -0.3 is 29.5 Å². The number of ether oxygens (including phenoxy) is 2. The summed E-state index contributed by atoms with van der Waals surface area (Å²) in [7, 11) is 3.16. The number of aryl methyl sites for hydroxylation is 1. The second kappa shape index (κ2) is 15.7. The van der Waals surface area contributed by atoms with E-state index < -0.39 is 11.9 Å². The van der Waals surface area contributed by atoms with E-state index in [1.807, 2.05) is 78.9 Å². The number of nitrogens with zero attached hydrogens (tertiary/aromatic N) is 3. The fourth-order valence-corrected chi connectivity index (χ4v) is 6.76. The first-order chi connectivity index (χ1) is 25.2. The van der Waals surface area contributed by atoms with Gasteiger partial charge in [-0.3, -0.25) is 24.1 Å². The Labute approximate surface area is 301 Å². The minimum Gasteiger partial charge on any atom is -0.497 e. The lowest BCUT2D eigenvalue weighted by Gasteiger charge is -2.31. The first-order valence-electron chi connectivity index (χ1n) is 16.9. The minimum atomic E-state index is -1.02. The smallest absolute Gasteiger partial charge is 0.323 e. The maximum absolute atomic E-state index is 13.2. The summed E-state index contributed by atoms with van der Waals surface area (Å²) in [6.07, 6.45) is 0.750. The van der Waals surface area contributed by atoms with Crippen LogP contribution in [0.4, 0.5) is 11.4 Å². The van der Waals surface area contributed by atoms with Gasteiger partial charge in [0.2, 0.25) is 0 Å². The summed E-state index contributed by atoms with van der Waals surface area (Å²) < 4.78 is 10.6. The summed E-state index contributed by atoms with van der Waals surface area (Å²) in [6, 6.07) is 31.1. The van der Waals surface area contributed by atoms with Crippen molar-refractivity contribution < 1.29 is 38.9 Å². The van der Waals surface area contributed by atoms with Crippen molar-refractivity contribution in [1.82, 2.24) is 4.90 Å². The molecule has 0 saturated heterocycles. The van der Waals surface area contributed by atoms with Gasteiger partial charge >= 0.3 is 11.9 Å². The number of fused-ring (bicyclic) bond motifs is 2. The Morgan fingerprint density at radius 3 is 1.65 bits per heavy atom. The SMILES string of the molecule is COc1ccc(CN(CC(=O)O)c2cc(CCCN3C(=O)c4ccccc4C3=O)c(N(CC(=O)O)Cc3ccc(OC)cc3)c3ccccc23)cc1. The molecule has 0 fully saturated rings. The van der Waals surface area contributed by atoms with Crippen molar-refractivity contribution in [3.05, 3.63) is 131 Å². The summed E-state index contributed by atoms with van der Waals surface area (Å²) in [5.41, 5.74) is 4.57. The number of carbonyl (C=O) groups excluding carboxylic acids is 2. The lowest BCUT2D eigenvalue weighted by molar-refractivity contribution is -0.136. The van der Waals surface area contributed by atoms with Crippen LogP contribution in [0.2, 0.25) is 0 Å². The molecule has 11 heteroatoms. The summed E-state index contributed by atoms with van der Waals surface area (Å²) in [5, 5.41) is 21.7. The van der Waals surface area contributed by atoms with Crippen molar-refractivity contribution in [2.24, 2.45) is 0 Å². The molecule has 0 atom stereocenters. The summed E-state index contributed by atoms with van der Waals surface area (Å²) in [4.78, 5) is 55.9. The quantitative estimate of drug-likeness (QED) is 0.113. The average molecular weight is 702 g/mol. The van der Waals surface area contributed by atoms with Crippen molar-refractivity contribution in [1.29, 1.82) is 0 Å². The van der Waals surface area contributed by atoms with E-state index in [1.165, 1.54) is 4.90 Å². The van der Waals surface area contributed by atoms with Crippen LogP contribution in [0, 0.1) is 0 Å². The monoisotopic (exact) mass is 701 g/mol. The molecule has 0 radical (unpaired) electrons. The van der Waals surface area contributed by atoms with Crippen molar-refractivity contribution in [2.45, 2.75) is 25.9 Å². The molecule has 1 aliphatic heterocycles. The number of hydrogen-bond donors (Lipinski definition) is 2. The molecule has 5 aromatic rings. The van der Waals surface area contributed by atoms with Crippen LogP contribution < -0.4 is 19.3 Å². The lowest BCUT2D eigenvalue weighted by Crippen LogP contribution is -2.32. The highest BCUT2D eigenvalue weighted by molar-refractivity contribution is 6.21. The number of carboxylic acid groups (broad SMARTS) is 2. The topological polar surface area (TPSA) is 137 Å². The van der Waals surface area contributed by atoms with Crippen LogP contribution >= 0.6 is 0 Å². The zero-order valence-corrected chi connectivity index (χ0v) is 29.0. The second-order valence-electron chi connectivity index (χ2n) is 12.6. The maximum atomic E-state index is 13.2. The van der Waals surface area contributed by atoms with Crippen LogP contribution in [0.25, 0.3) is 10.8 Å². The molecule has 11 nitrogen and oxygen atoms in total. The maximum Gasteiger partial charge on any atom is 0.323 e. The third-order valence-corrected chi connectivity index (χ3v) is 9.15. The molecular formula is C41H39N3O8. The Morgan fingerprint density at radius 2 is 1.13 bits per heavy atom. The first-order valence-corrected chi connectivity index (χ1v) is 16.9. The van der Waals surface area contributed by atoms with Gasteiger partial charge in [-0.25, -0.2) is 0 Å². The molecule has 0 saturated carbocycles. The summed E-state index contributed by atoms with van der Waals surface area (Å²) in [6.45, 7) is 0.0740. The number of rotatable bonds is 16. The van der Waals surface area contributed by atoms with Crippen molar-refractivity contribution in [3.8, 4) is 11.5 Å². The average Bonchev–Trinajstić information content (AvgIpc) is 3.39.